The molecule has 0 unspecified atom stereocenters. The van der Waals surface area contributed by atoms with Crippen LogP contribution in [0, 0.1) is 0 Å². The molecule has 17 nitrogen and oxygen atoms in total. The second-order valence-corrected chi connectivity index (χ2v) is 10.4. The molecule has 48 heavy (non-hydrogen) atoms. The van der Waals surface area contributed by atoms with Gasteiger partial charge in [-0.15, -0.1) is 0 Å². The zero-order chi connectivity index (χ0) is 34.8. The van der Waals surface area contributed by atoms with Crippen LogP contribution in [0.2, 0.25) is 0 Å². The molecule has 264 valence electrons. The first kappa shape index (κ1) is 38.9. The highest BCUT2D eigenvalue weighted by Gasteiger charge is 2.08. The maximum Gasteiger partial charge on any atom is 0.413 e. The van der Waals surface area contributed by atoms with Crippen molar-refractivity contribution in [2.75, 3.05) is 50.3 Å². The van der Waals surface area contributed by atoms with Gasteiger partial charge in [0.15, 0.2) is 13.5 Å². The summed E-state index contributed by atoms with van der Waals surface area (Å²) in [6.07, 6.45) is 3.92. The Hall–Kier alpha value is -5.29. The molecule has 0 radical (unpaired) electrons. The van der Waals surface area contributed by atoms with Crippen molar-refractivity contribution in [3.05, 3.63) is 59.7 Å². The van der Waals surface area contributed by atoms with Crippen molar-refractivity contribution in [3.63, 3.8) is 0 Å². The molecule has 12 N–H and O–H groups in total. The largest absolute Gasteiger partial charge is 0.428 e. The Labute approximate surface area is 280 Å². The van der Waals surface area contributed by atoms with Gasteiger partial charge in [-0.25, -0.2) is 24.0 Å². The van der Waals surface area contributed by atoms with Crippen molar-refractivity contribution in [1.29, 1.82) is 0 Å². The van der Waals surface area contributed by atoms with Gasteiger partial charge < -0.3 is 52.8 Å². The van der Waals surface area contributed by atoms with Crippen LogP contribution in [-0.4, -0.2) is 69.9 Å². The van der Waals surface area contributed by atoms with Crippen molar-refractivity contribution in [2.45, 2.75) is 51.6 Å². The third kappa shape index (κ3) is 18.6. The van der Waals surface area contributed by atoms with Gasteiger partial charge in [0.1, 0.15) is 0 Å². The van der Waals surface area contributed by atoms with Gasteiger partial charge in [0.05, 0.1) is 0 Å². The first-order valence-electron chi connectivity index (χ1n) is 15.8. The van der Waals surface area contributed by atoms with Gasteiger partial charge in [-0.2, -0.15) is 0 Å². The topological polar surface area (TPSA) is 252 Å². The standard InChI is InChI=1S/C31H48N10O7/c32-15-3-1-5-17-34-27(42)36-19-23-7-11-25(12-8-23)40-30(45)47-21-38-29(44)39-22-48-31(46)41-26-13-9-24(10-14-26)20-37-28(43)35-18-6-2-4-16-33/h7-14H,1-6,15-22,32-33H2,(H,40,45)(H,41,46)(H2,34,36,42)(H2,35,37,43)(H2,38,39,44). The number of unbranched alkanes of at least 4 members (excludes halogenated alkanes) is 4. The molecule has 0 spiro atoms. The van der Waals surface area contributed by atoms with Gasteiger partial charge in [-0.05, 0) is 74.2 Å². The lowest BCUT2D eigenvalue weighted by Gasteiger charge is -2.11. The summed E-state index contributed by atoms with van der Waals surface area (Å²) in [7, 11) is 0. The number of carbonyl (C=O) groups excluding carboxylic acids is 5. The number of nitrogens with one attached hydrogen (secondary N) is 8. The molecule has 0 heterocycles. The molecule has 0 bridgehead atoms. The van der Waals surface area contributed by atoms with E-state index in [1.54, 1.807) is 48.5 Å². The van der Waals surface area contributed by atoms with E-state index < -0.39 is 31.7 Å². The highest BCUT2D eigenvalue weighted by atomic mass is 16.6. The van der Waals surface area contributed by atoms with Crippen molar-refractivity contribution < 1.29 is 33.4 Å². The molecule has 0 saturated heterocycles. The molecule has 0 aromatic heterocycles. The Kier molecular flexibility index (Phi) is 19.4. The molecular weight excluding hydrogens is 624 g/mol. The minimum absolute atomic E-state index is 0.264. The summed E-state index contributed by atoms with van der Waals surface area (Å²) in [4.78, 5) is 59.6. The number of urea groups is 3. The summed E-state index contributed by atoms with van der Waals surface area (Å²) in [5.41, 5.74) is 13.5. The molecule has 0 aliphatic rings. The first-order valence-corrected chi connectivity index (χ1v) is 15.8. The van der Waals surface area contributed by atoms with E-state index in [0.717, 1.165) is 49.7 Å². The van der Waals surface area contributed by atoms with Gasteiger partial charge in [-0.1, -0.05) is 37.1 Å². The third-order valence-electron chi connectivity index (χ3n) is 6.51. The summed E-state index contributed by atoms with van der Waals surface area (Å²) in [5.74, 6) is 0. The van der Waals surface area contributed by atoms with Gasteiger partial charge in [0.25, 0.3) is 0 Å². The van der Waals surface area contributed by atoms with E-state index in [0.29, 0.717) is 50.6 Å². The summed E-state index contributed by atoms with van der Waals surface area (Å²) >= 11 is 0. The van der Waals surface area contributed by atoms with Gasteiger partial charge in [-0.3, -0.25) is 10.6 Å². The molecule has 2 rings (SSSR count). The van der Waals surface area contributed by atoms with Crippen LogP contribution in [0.15, 0.2) is 48.5 Å². The van der Waals surface area contributed by atoms with Crippen LogP contribution in [0.25, 0.3) is 0 Å². The van der Waals surface area contributed by atoms with Crippen molar-refractivity contribution in [1.82, 2.24) is 31.9 Å². The minimum atomic E-state index is -0.801. The average Bonchev–Trinajstić information content (AvgIpc) is 3.07. The maximum absolute atomic E-state index is 12.0. The Morgan fingerprint density at radius 3 is 1.23 bits per heavy atom. The van der Waals surface area contributed by atoms with Crippen molar-refractivity contribution in [2.24, 2.45) is 11.5 Å². The summed E-state index contributed by atoms with van der Waals surface area (Å²) < 4.78 is 9.84. The summed E-state index contributed by atoms with van der Waals surface area (Å²) in [6, 6.07) is 12.3. The van der Waals surface area contributed by atoms with Crippen LogP contribution < -0.4 is 54.0 Å². The fourth-order valence-corrected chi connectivity index (χ4v) is 3.90. The Morgan fingerprint density at radius 2 is 0.854 bits per heavy atom. The Balaban J connectivity index is 1.53. The fraction of sp³-hybridized carbons (Fsp3) is 0.452. The zero-order valence-electron chi connectivity index (χ0n) is 27.0. The van der Waals surface area contributed by atoms with E-state index in [9.17, 15) is 24.0 Å². The molecule has 8 amide bonds. The molecule has 2 aromatic carbocycles. The number of hydrogen-bond donors (Lipinski definition) is 10. The predicted molar refractivity (Wildman–Crippen MR) is 181 cm³/mol. The smallest absolute Gasteiger partial charge is 0.413 e. The average molecular weight is 673 g/mol. The number of anilines is 2. The molecule has 2 aromatic rings. The molecule has 17 heteroatoms. The number of rotatable bonds is 20. The predicted octanol–water partition coefficient (Wildman–Crippen LogP) is 2.55. The number of benzene rings is 2. The molecule has 0 atom stereocenters. The van der Waals surface area contributed by atoms with Gasteiger partial charge >= 0.3 is 30.3 Å². The Morgan fingerprint density at radius 1 is 0.479 bits per heavy atom. The second kappa shape index (κ2) is 24.0. The molecule has 0 saturated carbocycles. The summed E-state index contributed by atoms with van der Waals surface area (Å²) in [6.45, 7) is 2.19. The number of carbonyl (C=O) groups is 5. The number of nitrogens with two attached hydrogens (primary N) is 2. The van der Waals surface area contributed by atoms with Crippen LogP contribution >= 0.6 is 0 Å². The third-order valence-corrected chi connectivity index (χ3v) is 6.51. The van der Waals surface area contributed by atoms with E-state index >= 15 is 0 Å². The monoisotopic (exact) mass is 672 g/mol. The van der Waals surface area contributed by atoms with Crippen LogP contribution in [0.4, 0.5) is 35.3 Å². The van der Waals surface area contributed by atoms with E-state index in [2.05, 4.69) is 42.5 Å². The van der Waals surface area contributed by atoms with Crippen LogP contribution in [0.5, 0.6) is 0 Å². The van der Waals surface area contributed by atoms with Crippen LogP contribution in [0.1, 0.15) is 49.7 Å². The highest BCUT2D eigenvalue weighted by Crippen LogP contribution is 2.11. The van der Waals surface area contributed by atoms with Crippen LogP contribution in [0.3, 0.4) is 0 Å². The van der Waals surface area contributed by atoms with Crippen LogP contribution in [-0.2, 0) is 22.6 Å². The van der Waals surface area contributed by atoms with E-state index in [4.69, 9.17) is 20.9 Å². The maximum atomic E-state index is 12.0. The molecule has 0 aliphatic heterocycles. The molecule has 0 aliphatic carbocycles. The number of amides is 8. The quantitative estimate of drug-likeness (QED) is 0.0732. The van der Waals surface area contributed by atoms with Gasteiger partial charge in [0, 0.05) is 37.6 Å². The van der Waals surface area contributed by atoms with E-state index in [1.807, 2.05) is 0 Å². The van der Waals surface area contributed by atoms with E-state index in [-0.39, 0.29) is 12.1 Å². The first-order chi connectivity index (χ1) is 23.3. The van der Waals surface area contributed by atoms with E-state index in [1.165, 1.54) is 0 Å². The minimum Gasteiger partial charge on any atom is -0.428 e. The number of ether oxygens (including phenoxy) is 2. The number of hydrogen-bond acceptors (Lipinski definition) is 9. The van der Waals surface area contributed by atoms with Crippen molar-refractivity contribution >= 4 is 41.7 Å². The molecule has 0 fully saturated rings. The second-order valence-electron chi connectivity index (χ2n) is 10.4. The highest BCUT2D eigenvalue weighted by molar-refractivity contribution is 5.85. The molecular formula is C31H48N10O7. The van der Waals surface area contributed by atoms with Crippen molar-refractivity contribution in [3.8, 4) is 0 Å². The fourth-order valence-electron chi connectivity index (χ4n) is 3.90. The lowest BCUT2D eigenvalue weighted by molar-refractivity contribution is 0.144. The zero-order valence-corrected chi connectivity index (χ0v) is 27.0. The lowest BCUT2D eigenvalue weighted by Crippen LogP contribution is -2.39. The Bertz CT molecular complexity index is 1170. The SMILES string of the molecule is NCCCCCNC(=O)NCc1ccc(NC(=O)OCNC(=O)NCOC(=O)Nc2ccc(CNC(=O)NCCCCCN)cc2)cc1. The summed E-state index contributed by atoms with van der Waals surface area (Å²) in [5, 5.41) is 20.7. The lowest BCUT2D eigenvalue weighted by atomic mass is 10.2. The normalized spacial score (nSPS) is 10.2. The van der Waals surface area contributed by atoms with Gasteiger partial charge in [0.2, 0.25) is 0 Å².